The molecule has 0 saturated carbocycles. The molecule has 0 aromatic heterocycles. The zero-order valence-corrected chi connectivity index (χ0v) is 15.7. The highest BCUT2D eigenvalue weighted by Gasteiger charge is 2.35. The van der Waals surface area contributed by atoms with Crippen molar-refractivity contribution in [2.75, 3.05) is 40.8 Å². The molecule has 1 heterocycles. The van der Waals surface area contributed by atoms with E-state index < -0.39 is 10.0 Å². The topological polar surface area (TPSA) is 79.0 Å². The van der Waals surface area contributed by atoms with E-state index in [9.17, 15) is 13.2 Å². The first-order valence-corrected chi connectivity index (χ1v) is 9.33. The van der Waals surface area contributed by atoms with E-state index in [1.54, 1.807) is 14.1 Å². The number of rotatable bonds is 4. The van der Waals surface area contributed by atoms with Gasteiger partial charge in [0.05, 0.1) is 12.7 Å². The van der Waals surface area contributed by atoms with Crippen molar-refractivity contribution in [1.82, 2.24) is 14.5 Å². The van der Waals surface area contributed by atoms with Crippen LogP contribution in [-0.4, -0.2) is 70.4 Å². The summed E-state index contributed by atoms with van der Waals surface area (Å²) in [5, 5.41) is 3.32. The van der Waals surface area contributed by atoms with Gasteiger partial charge in [-0.05, 0) is 19.1 Å². The second-order valence-corrected chi connectivity index (χ2v) is 8.15. The monoisotopic (exact) mass is 375 g/mol. The fraction of sp³-hybridized carbons (Fsp3) is 0.533. The standard InChI is InChI=1S/C15H22ClN3O4S/c1-10-9-17-5-6-19(10)24(21,22)13-8-11(16)7-12(14(13)23-4)15(20)18(2)3/h7-8,10,17H,5-6,9H2,1-4H3/t10-/m1/s1. The number of halogens is 1. The van der Waals surface area contributed by atoms with Crippen LogP contribution in [0.15, 0.2) is 17.0 Å². The Balaban J connectivity index is 2.62. The predicted octanol–water partition coefficient (Wildman–Crippen LogP) is 1.03. The lowest BCUT2D eigenvalue weighted by molar-refractivity contribution is 0.0823. The number of nitrogens with zero attached hydrogens (tertiary/aromatic N) is 2. The molecule has 0 unspecified atom stereocenters. The summed E-state index contributed by atoms with van der Waals surface area (Å²) in [7, 11) is 0.655. The van der Waals surface area contributed by atoms with Gasteiger partial charge in [0, 0.05) is 44.8 Å². The number of methoxy groups -OCH3 is 1. The number of ether oxygens (including phenoxy) is 1. The van der Waals surface area contributed by atoms with Crippen LogP contribution in [0.25, 0.3) is 0 Å². The van der Waals surface area contributed by atoms with E-state index in [1.165, 1.54) is 28.4 Å². The summed E-state index contributed by atoms with van der Waals surface area (Å²) in [5.74, 6) is -0.358. The van der Waals surface area contributed by atoms with E-state index in [4.69, 9.17) is 16.3 Å². The van der Waals surface area contributed by atoms with Gasteiger partial charge in [-0.2, -0.15) is 4.31 Å². The summed E-state index contributed by atoms with van der Waals surface area (Å²) in [6.45, 7) is 3.30. The molecule has 1 aromatic carbocycles. The number of hydrogen-bond donors (Lipinski definition) is 1. The van der Waals surface area contributed by atoms with Crippen molar-refractivity contribution in [3.63, 3.8) is 0 Å². The van der Waals surface area contributed by atoms with Crippen molar-refractivity contribution in [2.45, 2.75) is 17.9 Å². The first-order chi connectivity index (χ1) is 11.2. The average molecular weight is 376 g/mol. The van der Waals surface area contributed by atoms with Crippen LogP contribution in [0.3, 0.4) is 0 Å². The number of amides is 1. The Morgan fingerprint density at radius 1 is 1.42 bits per heavy atom. The molecule has 1 aromatic rings. The van der Waals surface area contributed by atoms with Crippen molar-refractivity contribution in [3.05, 3.63) is 22.7 Å². The highest BCUT2D eigenvalue weighted by atomic mass is 35.5. The van der Waals surface area contributed by atoms with Gasteiger partial charge in [0.1, 0.15) is 4.90 Å². The molecule has 0 spiro atoms. The van der Waals surface area contributed by atoms with Gasteiger partial charge in [-0.15, -0.1) is 0 Å². The molecule has 7 nitrogen and oxygen atoms in total. The van der Waals surface area contributed by atoms with E-state index in [0.717, 1.165) is 0 Å². The van der Waals surface area contributed by atoms with E-state index in [0.29, 0.717) is 19.6 Å². The van der Waals surface area contributed by atoms with Gasteiger partial charge in [0.25, 0.3) is 5.91 Å². The van der Waals surface area contributed by atoms with Crippen LogP contribution in [0.5, 0.6) is 5.75 Å². The summed E-state index contributed by atoms with van der Waals surface area (Å²) < 4.78 is 32.9. The lowest BCUT2D eigenvalue weighted by Gasteiger charge is -2.33. The van der Waals surface area contributed by atoms with Crippen LogP contribution in [0.4, 0.5) is 0 Å². The van der Waals surface area contributed by atoms with Gasteiger partial charge in [-0.1, -0.05) is 11.6 Å². The smallest absolute Gasteiger partial charge is 0.257 e. The third kappa shape index (κ3) is 3.51. The van der Waals surface area contributed by atoms with Gasteiger partial charge >= 0.3 is 0 Å². The van der Waals surface area contributed by atoms with Crippen LogP contribution in [0.2, 0.25) is 5.02 Å². The number of sulfonamides is 1. The highest BCUT2D eigenvalue weighted by Crippen LogP contribution is 2.35. The van der Waals surface area contributed by atoms with Crippen LogP contribution in [0.1, 0.15) is 17.3 Å². The first kappa shape index (κ1) is 19.0. The van der Waals surface area contributed by atoms with Gasteiger partial charge < -0.3 is 15.0 Å². The van der Waals surface area contributed by atoms with Crippen LogP contribution >= 0.6 is 11.6 Å². The molecule has 1 fully saturated rings. The van der Waals surface area contributed by atoms with Gasteiger partial charge in [0.2, 0.25) is 10.0 Å². The maximum absolute atomic E-state index is 13.1. The average Bonchev–Trinajstić information content (AvgIpc) is 2.53. The minimum absolute atomic E-state index is 0.0174. The van der Waals surface area contributed by atoms with E-state index in [1.807, 2.05) is 6.92 Å². The molecule has 0 bridgehead atoms. The molecule has 24 heavy (non-hydrogen) atoms. The van der Waals surface area contributed by atoms with Crippen molar-refractivity contribution in [3.8, 4) is 5.75 Å². The summed E-state index contributed by atoms with van der Waals surface area (Å²) in [5.41, 5.74) is 0.122. The molecule has 134 valence electrons. The van der Waals surface area contributed by atoms with E-state index >= 15 is 0 Å². The molecule has 1 N–H and O–H groups in total. The second kappa shape index (κ2) is 7.26. The third-order valence-electron chi connectivity index (χ3n) is 3.89. The quantitative estimate of drug-likeness (QED) is 0.850. The molecule has 1 atom stereocenters. The zero-order chi connectivity index (χ0) is 18.1. The normalized spacial score (nSPS) is 19.1. The fourth-order valence-corrected chi connectivity index (χ4v) is 4.80. The Morgan fingerprint density at radius 2 is 2.08 bits per heavy atom. The van der Waals surface area contributed by atoms with E-state index in [-0.39, 0.29) is 33.2 Å². The highest BCUT2D eigenvalue weighted by molar-refractivity contribution is 7.89. The van der Waals surface area contributed by atoms with Crippen LogP contribution < -0.4 is 10.1 Å². The lowest BCUT2D eigenvalue weighted by atomic mass is 10.2. The molecule has 9 heteroatoms. The number of nitrogens with one attached hydrogen (secondary N) is 1. The van der Waals surface area contributed by atoms with Crippen LogP contribution in [-0.2, 0) is 10.0 Å². The fourth-order valence-electron chi connectivity index (χ4n) is 2.68. The van der Waals surface area contributed by atoms with Gasteiger partial charge in [0.15, 0.2) is 5.75 Å². The molecule has 1 aliphatic heterocycles. The summed E-state index contributed by atoms with van der Waals surface area (Å²) in [4.78, 5) is 13.6. The largest absolute Gasteiger partial charge is 0.494 e. The Bertz CT molecular complexity index is 736. The van der Waals surface area contributed by atoms with Gasteiger partial charge in [-0.25, -0.2) is 8.42 Å². The third-order valence-corrected chi connectivity index (χ3v) is 6.12. The Labute approximate surface area is 147 Å². The van der Waals surface area contributed by atoms with Crippen molar-refractivity contribution < 1.29 is 17.9 Å². The summed E-state index contributed by atoms with van der Waals surface area (Å²) in [6.07, 6.45) is 0. The molecule has 0 radical (unpaired) electrons. The minimum Gasteiger partial charge on any atom is -0.494 e. The van der Waals surface area contributed by atoms with Crippen molar-refractivity contribution in [2.24, 2.45) is 0 Å². The second-order valence-electron chi connectivity index (χ2n) is 5.85. The Hall–Kier alpha value is -1.35. The summed E-state index contributed by atoms with van der Waals surface area (Å²) in [6, 6.07) is 2.54. The number of piperazine rings is 1. The maximum Gasteiger partial charge on any atom is 0.257 e. The Morgan fingerprint density at radius 3 is 2.62 bits per heavy atom. The molecule has 1 aliphatic rings. The number of hydrogen-bond acceptors (Lipinski definition) is 5. The predicted molar refractivity (Wildman–Crippen MR) is 92.2 cm³/mol. The lowest BCUT2D eigenvalue weighted by Crippen LogP contribution is -2.52. The SMILES string of the molecule is COc1c(C(=O)N(C)C)cc(Cl)cc1S(=O)(=O)N1CCNC[C@H]1C. The minimum atomic E-state index is -3.85. The van der Waals surface area contributed by atoms with Gasteiger partial charge in [-0.3, -0.25) is 4.79 Å². The Kier molecular flexibility index (Phi) is 5.74. The van der Waals surface area contributed by atoms with Crippen molar-refractivity contribution >= 4 is 27.5 Å². The molecule has 1 amide bonds. The molecule has 0 aliphatic carbocycles. The molecular weight excluding hydrogens is 354 g/mol. The number of benzene rings is 1. The first-order valence-electron chi connectivity index (χ1n) is 7.52. The maximum atomic E-state index is 13.1. The molecular formula is C15H22ClN3O4S. The number of carbonyl (C=O) groups is 1. The zero-order valence-electron chi connectivity index (χ0n) is 14.2. The van der Waals surface area contributed by atoms with Crippen LogP contribution in [0, 0.1) is 0 Å². The van der Waals surface area contributed by atoms with E-state index in [2.05, 4.69) is 5.32 Å². The molecule has 2 rings (SSSR count). The van der Waals surface area contributed by atoms with Crippen molar-refractivity contribution in [1.29, 1.82) is 0 Å². The summed E-state index contributed by atoms with van der Waals surface area (Å²) >= 11 is 6.09. The molecule has 1 saturated heterocycles. The number of carbonyl (C=O) groups excluding carboxylic acids is 1.